The van der Waals surface area contributed by atoms with Gasteiger partial charge in [-0.1, -0.05) is 22.9 Å². The molecule has 0 aliphatic carbocycles. The van der Waals surface area contributed by atoms with E-state index in [9.17, 15) is 9.90 Å². The summed E-state index contributed by atoms with van der Waals surface area (Å²) in [7, 11) is 0. The van der Waals surface area contributed by atoms with Gasteiger partial charge in [-0.05, 0) is 37.6 Å². The van der Waals surface area contributed by atoms with Crippen LogP contribution < -0.4 is 0 Å². The van der Waals surface area contributed by atoms with E-state index in [-0.39, 0.29) is 17.7 Å². The van der Waals surface area contributed by atoms with E-state index in [4.69, 9.17) is 5.11 Å². The third-order valence-electron chi connectivity index (χ3n) is 3.74. The van der Waals surface area contributed by atoms with Crippen molar-refractivity contribution in [3.8, 4) is 5.75 Å². The van der Waals surface area contributed by atoms with E-state index in [1.165, 1.54) is 0 Å². The summed E-state index contributed by atoms with van der Waals surface area (Å²) in [5, 5.41) is 19.1. The first-order valence-electron chi connectivity index (χ1n) is 6.48. The van der Waals surface area contributed by atoms with Gasteiger partial charge >= 0.3 is 5.97 Å². The monoisotopic (exact) mass is 327 g/mol. The lowest BCUT2D eigenvalue weighted by molar-refractivity contribution is -0.141. The van der Waals surface area contributed by atoms with Gasteiger partial charge in [0.2, 0.25) is 0 Å². The maximum Gasteiger partial charge on any atom is 0.307 e. The number of carboxylic acid groups (broad SMARTS) is 1. The zero-order valence-corrected chi connectivity index (χ0v) is 12.4. The Balaban J connectivity index is 2.21. The van der Waals surface area contributed by atoms with Crippen LogP contribution in [0.25, 0.3) is 0 Å². The van der Waals surface area contributed by atoms with E-state index in [2.05, 4.69) is 27.8 Å². The molecule has 1 aromatic rings. The summed E-state index contributed by atoms with van der Waals surface area (Å²) >= 11 is 3.41. The van der Waals surface area contributed by atoms with Gasteiger partial charge in [0.25, 0.3) is 0 Å². The van der Waals surface area contributed by atoms with Gasteiger partial charge in [-0.25, -0.2) is 0 Å². The molecule has 0 saturated carbocycles. The summed E-state index contributed by atoms with van der Waals surface area (Å²) in [6, 6.07) is 5.46. The fraction of sp³-hybridized carbons (Fsp3) is 0.500. The number of rotatable bonds is 4. The maximum absolute atomic E-state index is 11.0. The second-order valence-corrected chi connectivity index (χ2v) is 5.86. The van der Waals surface area contributed by atoms with Gasteiger partial charge in [-0.3, -0.25) is 9.69 Å². The van der Waals surface area contributed by atoms with Crippen molar-refractivity contribution in [1.29, 1.82) is 0 Å². The Kier molecular flexibility index (Phi) is 4.47. The Hall–Kier alpha value is -1.07. The van der Waals surface area contributed by atoms with Crippen molar-refractivity contribution >= 4 is 21.9 Å². The zero-order valence-electron chi connectivity index (χ0n) is 10.8. The molecule has 1 saturated heterocycles. The number of hydrogen-bond donors (Lipinski definition) is 2. The molecule has 1 aromatic carbocycles. The number of nitrogens with zero attached hydrogens (tertiary/aromatic N) is 1. The van der Waals surface area contributed by atoms with Gasteiger partial charge in [0.15, 0.2) is 0 Å². The number of halogens is 1. The smallest absolute Gasteiger partial charge is 0.307 e. The minimum Gasteiger partial charge on any atom is -0.508 e. The number of phenolic OH excluding ortho intramolecular Hbond substituents is 1. The molecule has 4 nitrogen and oxygen atoms in total. The number of hydrogen-bond acceptors (Lipinski definition) is 3. The van der Waals surface area contributed by atoms with Crippen LogP contribution in [0.3, 0.4) is 0 Å². The Bertz CT molecular complexity index is 478. The predicted octanol–water partition coefficient (Wildman–Crippen LogP) is 3.01. The first kappa shape index (κ1) is 14.3. The van der Waals surface area contributed by atoms with Gasteiger partial charge in [0, 0.05) is 22.6 Å². The van der Waals surface area contributed by atoms with Crippen molar-refractivity contribution in [2.45, 2.75) is 25.8 Å². The lowest BCUT2D eigenvalue weighted by Gasteiger charge is -2.27. The van der Waals surface area contributed by atoms with E-state index in [0.29, 0.717) is 13.0 Å². The van der Waals surface area contributed by atoms with Gasteiger partial charge in [0.1, 0.15) is 5.75 Å². The summed E-state index contributed by atoms with van der Waals surface area (Å²) < 4.78 is 0.924. The second kappa shape index (κ2) is 5.92. The van der Waals surface area contributed by atoms with E-state index in [1.807, 2.05) is 6.07 Å². The Morgan fingerprint density at radius 3 is 2.89 bits per heavy atom. The van der Waals surface area contributed by atoms with Crippen molar-refractivity contribution < 1.29 is 15.0 Å². The van der Waals surface area contributed by atoms with Crippen molar-refractivity contribution in [1.82, 2.24) is 4.90 Å². The topological polar surface area (TPSA) is 60.8 Å². The fourth-order valence-corrected chi connectivity index (χ4v) is 3.12. The number of carbonyl (C=O) groups is 1. The van der Waals surface area contributed by atoms with Crippen LogP contribution in [0.4, 0.5) is 0 Å². The lowest BCUT2D eigenvalue weighted by Crippen LogP contribution is -2.27. The van der Waals surface area contributed by atoms with Crippen LogP contribution in [-0.2, 0) is 4.79 Å². The van der Waals surface area contributed by atoms with Gasteiger partial charge in [-0.15, -0.1) is 0 Å². The van der Waals surface area contributed by atoms with Crippen molar-refractivity contribution in [3.63, 3.8) is 0 Å². The van der Waals surface area contributed by atoms with E-state index in [1.54, 1.807) is 12.1 Å². The average molecular weight is 328 g/mol. The number of phenols is 1. The highest BCUT2D eigenvalue weighted by Gasteiger charge is 2.32. The predicted molar refractivity (Wildman–Crippen MR) is 76.2 cm³/mol. The number of aromatic hydroxyl groups is 1. The Morgan fingerprint density at radius 1 is 1.58 bits per heavy atom. The molecule has 0 radical (unpaired) electrons. The molecule has 2 rings (SSSR count). The molecule has 1 heterocycles. The molecule has 1 aliphatic heterocycles. The quantitative estimate of drug-likeness (QED) is 0.892. The van der Waals surface area contributed by atoms with Crippen molar-refractivity contribution in [3.05, 3.63) is 28.2 Å². The molecular weight excluding hydrogens is 310 g/mol. The Labute approximate surface area is 121 Å². The summed E-state index contributed by atoms with van der Waals surface area (Å²) in [4.78, 5) is 13.2. The van der Waals surface area contributed by atoms with Crippen molar-refractivity contribution in [2.24, 2.45) is 5.92 Å². The standard InChI is InChI=1S/C14H18BrNO3/c1-2-12(11-7-10(15)3-4-13(11)17)16-6-5-9(8-16)14(18)19/h3-4,7,9,12,17H,2,5-6,8H2,1H3,(H,18,19). The van der Waals surface area contributed by atoms with Crippen molar-refractivity contribution in [2.75, 3.05) is 13.1 Å². The molecule has 1 fully saturated rings. The summed E-state index contributed by atoms with van der Waals surface area (Å²) in [5.41, 5.74) is 0.864. The third-order valence-corrected chi connectivity index (χ3v) is 4.24. The average Bonchev–Trinajstić information content (AvgIpc) is 2.84. The molecule has 2 N–H and O–H groups in total. The van der Waals surface area contributed by atoms with Crippen LogP contribution in [0.1, 0.15) is 31.4 Å². The zero-order chi connectivity index (χ0) is 14.0. The molecular formula is C14H18BrNO3. The van der Waals surface area contributed by atoms with Crippen LogP contribution in [0.15, 0.2) is 22.7 Å². The van der Waals surface area contributed by atoms with Crippen LogP contribution >= 0.6 is 15.9 Å². The van der Waals surface area contributed by atoms with Gasteiger partial charge in [-0.2, -0.15) is 0 Å². The van der Waals surface area contributed by atoms with E-state index >= 15 is 0 Å². The number of benzene rings is 1. The SMILES string of the molecule is CCC(c1cc(Br)ccc1O)N1CCC(C(=O)O)C1. The van der Waals surface area contributed by atoms with Crippen LogP contribution in [0.2, 0.25) is 0 Å². The molecule has 2 unspecified atom stereocenters. The minimum absolute atomic E-state index is 0.0712. The van der Waals surface area contributed by atoms with Crippen LogP contribution in [-0.4, -0.2) is 34.2 Å². The van der Waals surface area contributed by atoms with E-state index < -0.39 is 5.97 Å². The van der Waals surface area contributed by atoms with Gasteiger partial charge < -0.3 is 10.2 Å². The molecule has 19 heavy (non-hydrogen) atoms. The molecule has 104 valence electrons. The highest BCUT2D eigenvalue weighted by molar-refractivity contribution is 9.10. The fourth-order valence-electron chi connectivity index (χ4n) is 2.74. The maximum atomic E-state index is 11.0. The normalized spacial score (nSPS) is 21.5. The third kappa shape index (κ3) is 3.09. The molecule has 5 heteroatoms. The summed E-state index contributed by atoms with van der Waals surface area (Å²) in [5.74, 6) is -0.743. The molecule has 0 spiro atoms. The summed E-state index contributed by atoms with van der Waals surface area (Å²) in [6.45, 7) is 3.38. The highest BCUT2D eigenvalue weighted by atomic mass is 79.9. The molecule has 0 bridgehead atoms. The first-order chi connectivity index (χ1) is 9.02. The number of likely N-dealkylation sites (tertiary alicyclic amines) is 1. The molecule has 0 amide bonds. The largest absolute Gasteiger partial charge is 0.508 e. The lowest BCUT2D eigenvalue weighted by atomic mass is 10.0. The number of aliphatic carboxylic acids is 1. The highest BCUT2D eigenvalue weighted by Crippen LogP contribution is 2.36. The van der Waals surface area contributed by atoms with Crippen LogP contribution in [0.5, 0.6) is 5.75 Å². The molecule has 2 atom stereocenters. The van der Waals surface area contributed by atoms with E-state index in [0.717, 1.165) is 23.0 Å². The van der Waals surface area contributed by atoms with Crippen LogP contribution in [0, 0.1) is 5.92 Å². The molecule has 0 aromatic heterocycles. The molecule has 1 aliphatic rings. The Morgan fingerprint density at radius 2 is 2.32 bits per heavy atom. The summed E-state index contributed by atoms with van der Waals surface area (Å²) in [6.07, 6.45) is 1.52. The first-order valence-corrected chi connectivity index (χ1v) is 7.27. The van der Waals surface area contributed by atoms with Gasteiger partial charge in [0.05, 0.1) is 5.92 Å². The number of carboxylic acids is 1. The minimum atomic E-state index is -0.726. The second-order valence-electron chi connectivity index (χ2n) is 4.95.